The molecule has 1 rings (SSSR count). The van der Waals surface area contributed by atoms with E-state index >= 15 is 0 Å². The van der Waals surface area contributed by atoms with E-state index in [1.165, 1.54) is 14.0 Å². The van der Waals surface area contributed by atoms with Gasteiger partial charge in [0.1, 0.15) is 17.7 Å². The molecule has 1 aromatic rings. The Bertz CT molecular complexity index is 434. The van der Waals surface area contributed by atoms with Crippen LogP contribution in [-0.2, 0) is 0 Å². The first-order valence-corrected chi connectivity index (χ1v) is 4.58. The number of carbonyl (C=O) groups excluding carboxylic acids is 1. The molecule has 0 bridgehead atoms. The lowest BCUT2D eigenvalue weighted by Gasteiger charge is -2.19. The van der Waals surface area contributed by atoms with Crippen LogP contribution in [0.4, 0.5) is 8.78 Å². The van der Waals surface area contributed by atoms with Gasteiger partial charge in [-0.1, -0.05) is 0 Å². The van der Waals surface area contributed by atoms with Crippen molar-refractivity contribution in [3.8, 4) is 6.07 Å². The Morgan fingerprint density at radius 3 is 2.31 bits per heavy atom. The number of nitriles is 1. The summed E-state index contributed by atoms with van der Waals surface area (Å²) in [6.45, 7) is 1.52. The third-order valence-corrected chi connectivity index (χ3v) is 2.20. The molecule has 0 saturated carbocycles. The number of amides is 1. The van der Waals surface area contributed by atoms with Crippen LogP contribution < -0.4 is 0 Å². The summed E-state index contributed by atoms with van der Waals surface area (Å²) in [5, 5.41) is 8.62. The molecule has 84 valence electrons. The number of hydrogen-bond donors (Lipinski definition) is 0. The lowest BCUT2D eigenvalue weighted by molar-refractivity contribution is 0.0772. The fourth-order valence-electron chi connectivity index (χ4n) is 1.14. The minimum absolute atomic E-state index is 0.109. The zero-order valence-corrected chi connectivity index (χ0v) is 8.87. The highest BCUT2D eigenvalue weighted by molar-refractivity contribution is 5.94. The molecule has 0 aliphatic rings. The Morgan fingerprint density at radius 1 is 1.38 bits per heavy atom. The van der Waals surface area contributed by atoms with Crippen molar-refractivity contribution in [3.05, 3.63) is 35.4 Å². The van der Waals surface area contributed by atoms with Crippen LogP contribution in [0.1, 0.15) is 17.3 Å². The first-order valence-electron chi connectivity index (χ1n) is 4.58. The molecular weight excluding hydrogens is 214 g/mol. The summed E-state index contributed by atoms with van der Waals surface area (Å²) in [5.74, 6) is -2.23. The van der Waals surface area contributed by atoms with Crippen LogP contribution in [-0.4, -0.2) is 23.9 Å². The van der Waals surface area contributed by atoms with E-state index in [0.29, 0.717) is 6.07 Å². The SMILES string of the molecule is CC(C#N)N(C)C(=O)c1cc(F)cc(F)c1. The Morgan fingerprint density at radius 2 is 1.88 bits per heavy atom. The van der Waals surface area contributed by atoms with Crippen molar-refractivity contribution in [1.29, 1.82) is 5.26 Å². The molecule has 0 aliphatic heterocycles. The van der Waals surface area contributed by atoms with Gasteiger partial charge in [-0.3, -0.25) is 4.79 Å². The smallest absolute Gasteiger partial charge is 0.254 e. The second-order valence-electron chi connectivity index (χ2n) is 3.38. The molecule has 0 radical (unpaired) electrons. The van der Waals surface area contributed by atoms with E-state index in [1.807, 2.05) is 6.07 Å². The molecule has 3 nitrogen and oxygen atoms in total. The molecule has 0 fully saturated rings. The summed E-state index contributed by atoms with van der Waals surface area (Å²) in [7, 11) is 1.40. The summed E-state index contributed by atoms with van der Waals surface area (Å²) in [5.41, 5.74) is -0.109. The molecule has 0 aromatic heterocycles. The number of nitrogens with zero attached hydrogens (tertiary/aromatic N) is 2. The maximum Gasteiger partial charge on any atom is 0.254 e. The van der Waals surface area contributed by atoms with Crippen molar-refractivity contribution in [2.24, 2.45) is 0 Å². The van der Waals surface area contributed by atoms with Gasteiger partial charge in [-0.25, -0.2) is 8.78 Å². The number of hydrogen-bond acceptors (Lipinski definition) is 2. The van der Waals surface area contributed by atoms with Crippen LogP contribution in [0.3, 0.4) is 0 Å². The molecule has 0 saturated heterocycles. The maximum absolute atomic E-state index is 12.9. The highest BCUT2D eigenvalue weighted by Gasteiger charge is 2.18. The van der Waals surface area contributed by atoms with Crippen LogP contribution in [0.25, 0.3) is 0 Å². The van der Waals surface area contributed by atoms with Gasteiger partial charge in [-0.2, -0.15) is 5.26 Å². The summed E-state index contributed by atoms with van der Waals surface area (Å²) in [6.07, 6.45) is 0. The zero-order chi connectivity index (χ0) is 12.3. The summed E-state index contributed by atoms with van der Waals surface area (Å²) in [4.78, 5) is 12.8. The first-order chi connectivity index (χ1) is 7.45. The van der Waals surface area contributed by atoms with Gasteiger partial charge in [0.15, 0.2) is 0 Å². The Balaban J connectivity index is 3.01. The Labute approximate surface area is 91.9 Å². The number of halogens is 2. The van der Waals surface area contributed by atoms with Crippen molar-refractivity contribution < 1.29 is 13.6 Å². The second-order valence-corrected chi connectivity index (χ2v) is 3.38. The van der Waals surface area contributed by atoms with Gasteiger partial charge < -0.3 is 4.90 Å². The van der Waals surface area contributed by atoms with Gasteiger partial charge in [-0.05, 0) is 19.1 Å². The molecule has 0 spiro atoms. The van der Waals surface area contributed by atoms with Crippen molar-refractivity contribution in [2.45, 2.75) is 13.0 Å². The van der Waals surface area contributed by atoms with E-state index in [0.717, 1.165) is 17.0 Å². The van der Waals surface area contributed by atoms with E-state index in [1.54, 1.807) is 0 Å². The lowest BCUT2D eigenvalue weighted by Crippen LogP contribution is -2.34. The van der Waals surface area contributed by atoms with Crippen LogP contribution >= 0.6 is 0 Å². The third kappa shape index (κ3) is 2.54. The maximum atomic E-state index is 12.9. The molecule has 1 amide bonds. The minimum Gasteiger partial charge on any atom is -0.326 e. The van der Waals surface area contributed by atoms with Crippen LogP contribution in [0.5, 0.6) is 0 Å². The molecule has 0 N–H and O–H groups in total. The highest BCUT2D eigenvalue weighted by atomic mass is 19.1. The van der Waals surface area contributed by atoms with E-state index in [2.05, 4.69) is 0 Å². The first kappa shape index (κ1) is 12.1. The number of rotatable bonds is 2. The van der Waals surface area contributed by atoms with E-state index in [9.17, 15) is 13.6 Å². The standard InChI is InChI=1S/C11H10F2N2O/c1-7(6-14)15(2)11(16)8-3-9(12)5-10(13)4-8/h3-5,7H,1-2H3. The monoisotopic (exact) mass is 224 g/mol. The van der Waals surface area contributed by atoms with E-state index in [4.69, 9.17) is 5.26 Å². The summed E-state index contributed by atoms with van der Waals surface area (Å²) in [6, 6.07) is 3.77. The molecule has 1 aromatic carbocycles. The van der Waals surface area contributed by atoms with Crippen molar-refractivity contribution in [1.82, 2.24) is 4.90 Å². The predicted molar refractivity (Wildman–Crippen MR) is 53.5 cm³/mol. The van der Waals surface area contributed by atoms with Gasteiger partial charge in [0.2, 0.25) is 0 Å². The van der Waals surface area contributed by atoms with E-state index < -0.39 is 23.6 Å². The largest absolute Gasteiger partial charge is 0.326 e. The van der Waals surface area contributed by atoms with Crippen molar-refractivity contribution in [3.63, 3.8) is 0 Å². The fourth-order valence-corrected chi connectivity index (χ4v) is 1.14. The average molecular weight is 224 g/mol. The molecule has 5 heteroatoms. The Kier molecular flexibility index (Phi) is 3.56. The second kappa shape index (κ2) is 4.71. The topological polar surface area (TPSA) is 44.1 Å². The molecule has 16 heavy (non-hydrogen) atoms. The quantitative estimate of drug-likeness (QED) is 0.770. The fraction of sp³-hybridized carbons (Fsp3) is 0.273. The third-order valence-electron chi connectivity index (χ3n) is 2.20. The normalized spacial score (nSPS) is 11.7. The van der Waals surface area contributed by atoms with Gasteiger partial charge in [0, 0.05) is 18.7 Å². The lowest BCUT2D eigenvalue weighted by atomic mass is 10.1. The summed E-state index contributed by atoms with van der Waals surface area (Å²) >= 11 is 0. The number of benzene rings is 1. The molecule has 0 aliphatic carbocycles. The van der Waals surface area contributed by atoms with Crippen LogP contribution in [0.15, 0.2) is 18.2 Å². The van der Waals surface area contributed by atoms with Gasteiger partial charge >= 0.3 is 0 Å². The zero-order valence-electron chi connectivity index (χ0n) is 8.87. The summed E-state index contributed by atoms with van der Waals surface area (Å²) < 4.78 is 25.7. The van der Waals surface area contributed by atoms with Crippen LogP contribution in [0.2, 0.25) is 0 Å². The number of carbonyl (C=O) groups is 1. The van der Waals surface area contributed by atoms with Crippen LogP contribution in [0, 0.1) is 23.0 Å². The minimum atomic E-state index is -0.818. The van der Waals surface area contributed by atoms with Crippen molar-refractivity contribution in [2.75, 3.05) is 7.05 Å². The molecule has 0 heterocycles. The molecule has 1 unspecified atom stereocenters. The van der Waals surface area contributed by atoms with E-state index in [-0.39, 0.29) is 5.56 Å². The van der Waals surface area contributed by atoms with Gasteiger partial charge in [-0.15, -0.1) is 0 Å². The average Bonchev–Trinajstić information content (AvgIpc) is 2.24. The van der Waals surface area contributed by atoms with Gasteiger partial charge in [0.05, 0.1) is 6.07 Å². The molecular formula is C11H10F2N2O. The molecule has 1 atom stereocenters. The van der Waals surface area contributed by atoms with Crippen molar-refractivity contribution >= 4 is 5.91 Å². The highest BCUT2D eigenvalue weighted by Crippen LogP contribution is 2.11. The Hall–Kier alpha value is -1.96. The van der Waals surface area contributed by atoms with Gasteiger partial charge in [0.25, 0.3) is 5.91 Å². The predicted octanol–water partition coefficient (Wildman–Crippen LogP) is 1.95.